The number of aromatic nitrogens is 2. The highest BCUT2D eigenvalue weighted by atomic mass is 16.7. The maximum atomic E-state index is 11.5. The summed E-state index contributed by atoms with van der Waals surface area (Å²) in [6.07, 6.45) is 6.75. The second kappa shape index (κ2) is 9.87. The minimum Gasteiger partial charge on any atom is -0.478 e. The molecule has 3 fully saturated rings. The van der Waals surface area contributed by atoms with Crippen molar-refractivity contribution in [3.8, 4) is 0 Å². The number of nitrogens with zero attached hydrogens (tertiary/aromatic N) is 3. The van der Waals surface area contributed by atoms with Crippen LogP contribution in [0.25, 0.3) is 11.0 Å². The highest BCUT2D eigenvalue weighted by Gasteiger charge is 2.31. The van der Waals surface area contributed by atoms with Crippen LogP contribution in [0.15, 0.2) is 54.0 Å². The Kier molecular flexibility index (Phi) is 6.67. The molecule has 0 radical (unpaired) electrons. The molecule has 0 bridgehead atoms. The van der Waals surface area contributed by atoms with Crippen LogP contribution in [0.3, 0.4) is 0 Å². The molecule has 35 heavy (non-hydrogen) atoms. The number of rotatable bonds is 7. The van der Waals surface area contributed by atoms with E-state index in [9.17, 15) is 9.90 Å². The molecule has 0 aliphatic carbocycles. The Labute approximate surface area is 205 Å². The Bertz CT molecular complexity index is 1180. The van der Waals surface area contributed by atoms with Crippen LogP contribution in [0.4, 0.5) is 0 Å². The van der Waals surface area contributed by atoms with Crippen molar-refractivity contribution >= 4 is 17.0 Å². The molecule has 0 saturated carbocycles. The lowest BCUT2D eigenvalue weighted by Gasteiger charge is -2.33. The van der Waals surface area contributed by atoms with Crippen LogP contribution in [0.1, 0.15) is 49.3 Å². The van der Waals surface area contributed by atoms with Crippen LogP contribution in [-0.4, -0.2) is 57.6 Å². The van der Waals surface area contributed by atoms with Gasteiger partial charge in [-0.2, -0.15) is 0 Å². The molecule has 1 N–H and O–H groups in total. The molecule has 3 saturated heterocycles. The van der Waals surface area contributed by atoms with Gasteiger partial charge in [0.25, 0.3) is 0 Å². The molecule has 4 heterocycles. The van der Waals surface area contributed by atoms with Crippen molar-refractivity contribution in [2.75, 3.05) is 19.7 Å². The van der Waals surface area contributed by atoms with Gasteiger partial charge in [0.1, 0.15) is 5.82 Å². The zero-order chi connectivity index (χ0) is 24.5. The Morgan fingerprint density at radius 2 is 2.03 bits per heavy atom. The van der Waals surface area contributed by atoms with Crippen molar-refractivity contribution in [1.82, 2.24) is 14.5 Å². The van der Waals surface area contributed by atoms with E-state index in [2.05, 4.69) is 16.0 Å². The molecule has 1 aromatic heterocycles. The van der Waals surface area contributed by atoms with E-state index in [1.165, 1.54) is 0 Å². The minimum atomic E-state index is -0.928. The fraction of sp³-hybridized carbons (Fsp3) is 0.481. The van der Waals surface area contributed by atoms with Crippen LogP contribution >= 0.6 is 0 Å². The normalized spacial score (nSPS) is 25.8. The summed E-state index contributed by atoms with van der Waals surface area (Å²) in [4.78, 5) is 18.8. The molecule has 8 heteroatoms. The number of carbonyl (C=O) groups is 1. The monoisotopic (exact) mass is 479 g/mol. The van der Waals surface area contributed by atoms with E-state index in [4.69, 9.17) is 19.2 Å². The lowest BCUT2D eigenvalue weighted by molar-refractivity contribution is -0.0592. The zero-order valence-electron chi connectivity index (χ0n) is 20.4. The number of hydrogen-bond donors (Lipinski definition) is 1. The molecule has 1 aromatic carbocycles. The van der Waals surface area contributed by atoms with Gasteiger partial charge in [-0.3, -0.25) is 4.90 Å². The van der Waals surface area contributed by atoms with Crippen molar-refractivity contribution in [2.24, 2.45) is 5.92 Å². The number of aromatic carboxylic acids is 1. The molecule has 2 aromatic rings. The van der Waals surface area contributed by atoms with E-state index in [0.717, 1.165) is 72.9 Å². The van der Waals surface area contributed by atoms with Gasteiger partial charge in [-0.1, -0.05) is 12.7 Å². The number of ether oxygens (including phenoxy) is 3. The molecule has 2 unspecified atom stereocenters. The number of carboxylic acids is 1. The van der Waals surface area contributed by atoms with Crippen molar-refractivity contribution in [2.45, 2.75) is 58.6 Å². The van der Waals surface area contributed by atoms with Gasteiger partial charge in [-0.15, -0.1) is 0 Å². The summed E-state index contributed by atoms with van der Waals surface area (Å²) in [5.74, 6) is 2.01. The highest BCUT2D eigenvalue weighted by molar-refractivity contribution is 5.92. The summed E-state index contributed by atoms with van der Waals surface area (Å²) in [6.45, 7) is 12.0. The summed E-state index contributed by atoms with van der Waals surface area (Å²) in [5.41, 5.74) is 3.08. The first-order valence-electron chi connectivity index (χ1n) is 12.4. The lowest BCUT2D eigenvalue weighted by atomic mass is 9.88. The molecule has 5 rings (SSSR count). The zero-order valence-corrected chi connectivity index (χ0v) is 20.4. The molecule has 186 valence electrons. The molecule has 3 aliphatic heterocycles. The maximum absolute atomic E-state index is 11.5. The first-order chi connectivity index (χ1) is 17.0. The van der Waals surface area contributed by atoms with E-state index < -0.39 is 5.97 Å². The number of likely N-dealkylation sites (tertiary alicyclic amines) is 1. The Hall–Kier alpha value is -3.10. The third-order valence-corrected chi connectivity index (χ3v) is 7.19. The fourth-order valence-corrected chi connectivity index (χ4v) is 5.20. The minimum absolute atomic E-state index is 0.156. The van der Waals surface area contributed by atoms with Crippen molar-refractivity contribution < 1.29 is 24.1 Å². The summed E-state index contributed by atoms with van der Waals surface area (Å²) in [7, 11) is 0. The molecule has 8 nitrogen and oxygen atoms in total. The van der Waals surface area contributed by atoms with E-state index in [1.54, 1.807) is 18.2 Å². The molecular weight excluding hydrogens is 446 g/mol. The Morgan fingerprint density at radius 1 is 1.26 bits per heavy atom. The summed E-state index contributed by atoms with van der Waals surface area (Å²) in [6, 6.07) is 5.15. The SMILES string of the molecule is C=C/C(=C1/OC(C)O/C1=C/C)C1CCN(Cc2nc3ccc(C(=O)O)cc3n2CC2CCO2)CC1. The Balaban J connectivity index is 1.33. The maximum Gasteiger partial charge on any atom is 0.335 e. The average Bonchev–Trinajstić information content (AvgIpc) is 3.36. The van der Waals surface area contributed by atoms with Crippen LogP contribution in [0.2, 0.25) is 0 Å². The predicted octanol–water partition coefficient (Wildman–Crippen LogP) is 4.47. The molecular formula is C27H33N3O5. The summed E-state index contributed by atoms with van der Waals surface area (Å²) >= 11 is 0. The first kappa shape index (κ1) is 23.6. The van der Waals surface area contributed by atoms with Gasteiger partial charge in [-0.25, -0.2) is 9.78 Å². The first-order valence-corrected chi connectivity index (χ1v) is 12.4. The van der Waals surface area contributed by atoms with E-state index in [1.807, 2.05) is 26.0 Å². The van der Waals surface area contributed by atoms with Crippen LogP contribution in [0, 0.1) is 5.92 Å². The lowest BCUT2D eigenvalue weighted by Crippen LogP contribution is -2.36. The topological polar surface area (TPSA) is 86.0 Å². The van der Waals surface area contributed by atoms with E-state index in [-0.39, 0.29) is 18.0 Å². The van der Waals surface area contributed by atoms with Crippen molar-refractivity contribution in [1.29, 1.82) is 0 Å². The standard InChI is InChI=1S/C27H33N3O5/c1-4-21(26-24(5-2)34-17(3)35-26)18-8-11-29(12-9-18)16-25-28-22-7-6-19(27(31)32)14-23(22)30(25)15-20-10-13-33-20/h4-7,14,17-18,20H,1,8-13,15-16H2,2-3H3,(H,31,32)/b24-5+,26-21-. The number of allylic oxidation sites excluding steroid dienone is 3. The van der Waals surface area contributed by atoms with Gasteiger partial charge in [0.2, 0.25) is 6.29 Å². The van der Waals surface area contributed by atoms with Crippen molar-refractivity contribution in [3.05, 3.63) is 65.4 Å². The highest BCUT2D eigenvalue weighted by Crippen LogP contribution is 2.36. The van der Waals surface area contributed by atoms with Gasteiger partial charge in [0.15, 0.2) is 11.5 Å². The number of fused-ring (bicyclic) bond motifs is 1. The van der Waals surface area contributed by atoms with Crippen LogP contribution in [-0.2, 0) is 27.3 Å². The predicted molar refractivity (Wildman–Crippen MR) is 132 cm³/mol. The summed E-state index contributed by atoms with van der Waals surface area (Å²) in [5, 5.41) is 9.46. The molecule has 3 aliphatic rings. The fourth-order valence-electron chi connectivity index (χ4n) is 5.20. The van der Waals surface area contributed by atoms with Gasteiger partial charge < -0.3 is 23.9 Å². The summed E-state index contributed by atoms with van der Waals surface area (Å²) < 4.78 is 19.6. The van der Waals surface area contributed by atoms with Gasteiger partial charge in [0, 0.05) is 19.1 Å². The van der Waals surface area contributed by atoms with Crippen LogP contribution < -0.4 is 0 Å². The number of imidazole rings is 1. The van der Waals surface area contributed by atoms with Gasteiger partial charge in [0.05, 0.1) is 35.8 Å². The number of benzene rings is 1. The van der Waals surface area contributed by atoms with Crippen molar-refractivity contribution in [3.63, 3.8) is 0 Å². The smallest absolute Gasteiger partial charge is 0.335 e. The second-order valence-electron chi connectivity index (χ2n) is 9.42. The molecule has 0 spiro atoms. The third kappa shape index (κ3) is 4.73. The van der Waals surface area contributed by atoms with Crippen LogP contribution in [0.5, 0.6) is 0 Å². The number of hydrogen-bond acceptors (Lipinski definition) is 6. The van der Waals surface area contributed by atoms with Gasteiger partial charge in [-0.05, 0) is 69.5 Å². The van der Waals surface area contributed by atoms with E-state index in [0.29, 0.717) is 19.0 Å². The molecule has 0 amide bonds. The van der Waals surface area contributed by atoms with E-state index >= 15 is 0 Å². The molecule has 2 atom stereocenters. The largest absolute Gasteiger partial charge is 0.478 e. The van der Waals surface area contributed by atoms with Gasteiger partial charge >= 0.3 is 5.97 Å². The third-order valence-electron chi connectivity index (χ3n) is 7.19. The average molecular weight is 480 g/mol. The number of carboxylic acid groups (broad SMARTS) is 1. The Morgan fingerprint density at radius 3 is 2.66 bits per heavy atom. The number of piperidine rings is 1. The second-order valence-corrected chi connectivity index (χ2v) is 9.42. The quantitative estimate of drug-likeness (QED) is 0.627.